The lowest BCUT2D eigenvalue weighted by Gasteiger charge is -2.34. The number of carbonyl (C=O) groups excluding carboxylic acids is 1. The number of rotatable bonds is 3. The summed E-state index contributed by atoms with van der Waals surface area (Å²) in [6, 6.07) is 2.12. The van der Waals surface area contributed by atoms with Crippen molar-refractivity contribution in [2.24, 2.45) is 0 Å². The first-order valence-electron chi connectivity index (χ1n) is 5.83. The van der Waals surface area contributed by atoms with Gasteiger partial charge in [-0.3, -0.25) is 14.9 Å². The average molecular weight is 295 g/mol. The van der Waals surface area contributed by atoms with Gasteiger partial charge < -0.3 is 14.6 Å². The van der Waals surface area contributed by atoms with Crippen molar-refractivity contribution >= 4 is 29.0 Å². The van der Waals surface area contributed by atoms with E-state index in [-0.39, 0.29) is 17.4 Å². The lowest BCUT2D eigenvalue weighted by atomic mass is 9.97. The second-order valence-electron chi connectivity index (χ2n) is 4.43. The summed E-state index contributed by atoms with van der Waals surface area (Å²) in [7, 11) is 1.74. The van der Waals surface area contributed by atoms with Gasteiger partial charge in [-0.2, -0.15) is 0 Å². The van der Waals surface area contributed by atoms with Gasteiger partial charge in [0.1, 0.15) is 16.7 Å². The normalized spacial score (nSPS) is 19.1. The standard InChI is InChI=1S/C12H13N3O4S/c1-6-10(7(2)16)11(13-12(20)14(6)3)8-4-5-9(19-8)15(17)18/h4-5,11H,1-3H3,(H,13,20)/t11-/m0/s1. The number of ketones is 1. The Morgan fingerprint density at radius 1 is 1.55 bits per heavy atom. The fourth-order valence-corrected chi connectivity index (χ4v) is 2.36. The molecule has 2 heterocycles. The van der Waals surface area contributed by atoms with E-state index in [9.17, 15) is 14.9 Å². The van der Waals surface area contributed by atoms with Crippen LogP contribution in [0, 0.1) is 10.1 Å². The number of hydrogen-bond acceptors (Lipinski definition) is 5. The van der Waals surface area contributed by atoms with Crippen molar-refractivity contribution in [3.63, 3.8) is 0 Å². The van der Waals surface area contributed by atoms with Gasteiger partial charge in [0, 0.05) is 18.3 Å². The molecule has 1 aromatic heterocycles. The number of thiocarbonyl (C=S) groups is 1. The highest BCUT2D eigenvalue weighted by atomic mass is 32.1. The lowest BCUT2D eigenvalue weighted by Crippen LogP contribution is -2.45. The summed E-state index contributed by atoms with van der Waals surface area (Å²) >= 11 is 5.17. The molecule has 0 unspecified atom stereocenters. The van der Waals surface area contributed by atoms with Crippen LogP contribution < -0.4 is 5.32 Å². The number of allylic oxidation sites excluding steroid dienone is 1. The van der Waals surface area contributed by atoms with Crippen LogP contribution in [0.4, 0.5) is 5.88 Å². The Hall–Kier alpha value is -2.22. The molecule has 1 aliphatic rings. The molecule has 1 N–H and O–H groups in total. The Labute approximate surface area is 120 Å². The van der Waals surface area contributed by atoms with Crippen LogP contribution in [0.15, 0.2) is 27.8 Å². The van der Waals surface area contributed by atoms with Crippen molar-refractivity contribution in [1.29, 1.82) is 0 Å². The quantitative estimate of drug-likeness (QED) is 0.517. The van der Waals surface area contributed by atoms with Gasteiger partial charge in [-0.1, -0.05) is 0 Å². The van der Waals surface area contributed by atoms with Crippen molar-refractivity contribution in [2.45, 2.75) is 19.9 Å². The highest BCUT2D eigenvalue weighted by molar-refractivity contribution is 7.80. The monoisotopic (exact) mass is 295 g/mol. The van der Waals surface area contributed by atoms with Gasteiger partial charge in [0.05, 0.1) is 6.07 Å². The van der Waals surface area contributed by atoms with Crippen molar-refractivity contribution < 1.29 is 14.1 Å². The molecule has 7 nitrogen and oxygen atoms in total. The minimum absolute atomic E-state index is 0.145. The Balaban J connectivity index is 2.50. The van der Waals surface area contributed by atoms with Gasteiger partial charge in [0.15, 0.2) is 10.9 Å². The fourth-order valence-electron chi connectivity index (χ4n) is 2.10. The molecule has 0 radical (unpaired) electrons. The van der Waals surface area contributed by atoms with Crippen LogP contribution in [-0.2, 0) is 4.79 Å². The second kappa shape index (κ2) is 5.04. The SMILES string of the molecule is CC(=O)C1=C(C)N(C)C(=S)N[C@H]1c1ccc([N+](=O)[O-])o1. The first kappa shape index (κ1) is 14.2. The summed E-state index contributed by atoms with van der Waals surface area (Å²) in [4.78, 5) is 23.6. The molecule has 0 saturated heterocycles. The van der Waals surface area contributed by atoms with Crippen LogP contribution in [0.25, 0.3) is 0 Å². The van der Waals surface area contributed by atoms with Crippen molar-refractivity contribution in [3.05, 3.63) is 39.3 Å². The minimum atomic E-state index is -0.624. The summed E-state index contributed by atoms with van der Waals surface area (Å²) in [5.41, 5.74) is 1.18. The third-order valence-corrected chi connectivity index (χ3v) is 3.60. The Kier molecular flexibility index (Phi) is 3.58. The molecule has 0 bridgehead atoms. The van der Waals surface area contributed by atoms with Crippen LogP contribution in [-0.4, -0.2) is 27.8 Å². The maximum atomic E-state index is 11.8. The van der Waals surface area contributed by atoms with E-state index >= 15 is 0 Å². The largest absolute Gasteiger partial charge is 0.433 e. The first-order valence-corrected chi connectivity index (χ1v) is 6.23. The number of nitrogens with one attached hydrogen (secondary N) is 1. The van der Waals surface area contributed by atoms with E-state index in [1.54, 1.807) is 18.9 Å². The van der Waals surface area contributed by atoms with Gasteiger partial charge in [0.25, 0.3) is 0 Å². The van der Waals surface area contributed by atoms with E-state index in [0.29, 0.717) is 16.4 Å². The molecule has 20 heavy (non-hydrogen) atoms. The van der Waals surface area contributed by atoms with E-state index in [0.717, 1.165) is 0 Å². The molecular weight excluding hydrogens is 282 g/mol. The molecular formula is C12H13N3O4S. The zero-order valence-electron chi connectivity index (χ0n) is 11.2. The van der Waals surface area contributed by atoms with Gasteiger partial charge in [-0.25, -0.2) is 0 Å². The summed E-state index contributed by atoms with van der Waals surface area (Å²) in [6.07, 6.45) is 0. The Morgan fingerprint density at radius 2 is 2.20 bits per heavy atom. The van der Waals surface area contributed by atoms with Crippen LogP contribution in [0.1, 0.15) is 25.6 Å². The van der Waals surface area contributed by atoms with Crippen molar-refractivity contribution in [3.8, 4) is 0 Å². The minimum Gasteiger partial charge on any atom is -0.403 e. The Morgan fingerprint density at radius 3 is 2.70 bits per heavy atom. The highest BCUT2D eigenvalue weighted by Crippen LogP contribution is 2.32. The molecule has 1 aliphatic heterocycles. The predicted molar refractivity (Wildman–Crippen MR) is 75.0 cm³/mol. The molecule has 0 amide bonds. The molecule has 106 valence electrons. The summed E-state index contributed by atoms with van der Waals surface area (Å²) in [5, 5.41) is 14.1. The van der Waals surface area contributed by atoms with Crippen molar-refractivity contribution in [2.75, 3.05) is 7.05 Å². The number of nitrogens with zero attached hydrogens (tertiary/aromatic N) is 2. The topological polar surface area (TPSA) is 88.6 Å². The first-order chi connectivity index (χ1) is 9.32. The van der Waals surface area contributed by atoms with Gasteiger partial charge >= 0.3 is 5.88 Å². The number of furan rings is 1. The molecule has 2 rings (SSSR count). The number of Topliss-reactive ketones (excluding diaryl/α,β-unsaturated/α-hetero) is 1. The van der Waals surface area contributed by atoms with E-state index in [4.69, 9.17) is 16.6 Å². The number of hydrogen-bond donors (Lipinski definition) is 1. The second-order valence-corrected chi connectivity index (χ2v) is 4.82. The fraction of sp³-hybridized carbons (Fsp3) is 0.333. The molecule has 0 spiro atoms. The van der Waals surface area contributed by atoms with Gasteiger partial charge in [-0.15, -0.1) is 0 Å². The van der Waals surface area contributed by atoms with Gasteiger partial charge in [-0.05, 0) is 32.1 Å². The van der Waals surface area contributed by atoms with E-state index in [1.807, 2.05) is 0 Å². The predicted octanol–water partition coefficient (Wildman–Crippen LogP) is 1.91. The molecule has 1 atom stereocenters. The third-order valence-electron chi connectivity index (χ3n) is 3.21. The van der Waals surface area contributed by atoms with E-state index in [1.165, 1.54) is 19.1 Å². The molecule has 8 heteroatoms. The van der Waals surface area contributed by atoms with Crippen LogP contribution in [0.5, 0.6) is 0 Å². The number of carbonyl (C=O) groups is 1. The average Bonchev–Trinajstić information content (AvgIpc) is 2.84. The summed E-state index contributed by atoms with van der Waals surface area (Å²) in [5.74, 6) is -0.225. The molecule has 0 saturated carbocycles. The maximum Gasteiger partial charge on any atom is 0.433 e. The molecule has 0 aliphatic carbocycles. The van der Waals surface area contributed by atoms with E-state index in [2.05, 4.69) is 5.32 Å². The van der Waals surface area contributed by atoms with Crippen molar-refractivity contribution in [1.82, 2.24) is 10.2 Å². The molecule has 0 aromatic carbocycles. The van der Waals surface area contributed by atoms with Gasteiger partial charge in [0.2, 0.25) is 0 Å². The number of nitro groups is 1. The summed E-state index contributed by atoms with van der Waals surface area (Å²) < 4.78 is 5.17. The van der Waals surface area contributed by atoms with Crippen LogP contribution >= 0.6 is 12.2 Å². The smallest absolute Gasteiger partial charge is 0.403 e. The summed E-state index contributed by atoms with van der Waals surface area (Å²) in [6.45, 7) is 3.21. The van der Waals surface area contributed by atoms with Crippen LogP contribution in [0.2, 0.25) is 0 Å². The highest BCUT2D eigenvalue weighted by Gasteiger charge is 2.33. The Bertz CT molecular complexity index is 634. The zero-order chi connectivity index (χ0) is 15.0. The van der Waals surface area contributed by atoms with Crippen LogP contribution in [0.3, 0.4) is 0 Å². The molecule has 1 aromatic rings. The molecule has 0 fully saturated rings. The maximum absolute atomic E-state index is 11.8. The third kappa shape index (κ3) is 2.29. The lowest BCUT2D eigenvalue weighted by molar-refractivity contribution is -0.402. The van der Waals surface area contributed by atoms with E-state index < -0.39 is 11.0 Å². The zero-order valence-corrected chi connectivity index (χ0v) is 12.0.